The highest BCUT2D eigenvalue weighted by Gasteiger charge is 2.16. The Bertz CT molecular complexity index is 452. The molecule has 0 amide bonds. The first kappa shape index (κ1) is 13.5. The van der Waals surface area contributed by atoms with Crippen LogP contribution in [0.25, 0.3) is 0 Å². The van der Waals surface area contributed by atoms with Crippen LogP contribution in [0.15, 0.2) is 35.2 Å². The van der Waals surface area contributed by atoms with Gasteiger partial charge in [0, 0.05) is 19.7 Å². The monoisotopic (exact) mass is 269 g/mol. The highest BCUT2D eigenvalue weighted by molar-refractivity contribution is 7.91. The van der Waals surface area contributed by atoms with E-state index in [2.05, 4.69) is 5.32 Å². The van der Waals surface area contributed by atoms with Gasteiger partial charge in [0.05, 0.1) is 17.3 Å². The van der Waals surface area contributed by atoms with E-state index in [1.54, 1.807) is 24.3 Å². The third kappa shape index (κ3) is 3.80. The van der Waals surface area contributed by atoms with Crippen molar-refractivity contribution in [1.82, 2.24) is 5.32 Å². The van der Waals surface area contributed by atoms with Crippen LogP contribution < -0.4 is 5.32 Å². The maximum atomic E-state index is 12.0. The van der Waals surface area contributed by atoms with E-state index < -0.39 is 9.84 Å². The van der Waals surface area contributed by atoms with Crippen LogP contribution in [-0.2, 0) is 14.6 Å². The summed E-state index contributed by atoms with van der Waals surface area (Å²) in [6.45, 7) is 2.95. The lowest BCUT2D eigenvalue weighted by atomic mass is 10.1. The van der Waals surface area contributed by atoms with E-state index in [9.17, 15) is 8.42 Å². The van der Waals surface area contributed by atoms with Gasteiger partial charge in [0.25, 0.3) is 0 Å². The van der Waals surface area contributed by atoms with Crippen molar-refractivity contribution in [2.75, 3.05) is 32.1 Å². The molecular weight excluding hydrogens is 250 g/mol. The maximum absolute atomic E-state index is 12.0. The third-order valence-corrected chi connectivity index (χ3v) is 4.84. The molecule has 1 fully saturated rings. The molecule has 1 aromatic rings. The molecule has 1 atom stereocenters. The van der Waals surface area contributed by atoms with Crippen molar-refractivity contribution >= 4 is 9.84 Å². The second kappa shape index (κ2) is 6.31. The zero-order valence-corrected chi connectivity index (χ0v) is 11.2. The van der Waals surface area contributed by atoms with Gasteiger partial charge in [-0.15, -0.1) is 0 Å². The molecule has 0 saturated carbocycles. The van der Waals surface area contributed by atoms with E-state index in [1.807, 2.05) is 6.07 Å². The average molecular weight is 269 g/mol. The van der Waals surface area contributed by atoms with E-state index in [-0.39, 0.29) is 5.75 Å². The molecule has 0 aliphatic carbocycles. The summed E-state index contributed by atoms with van der Waals surface area (Å²) in [4.78, 5) is 0.399. The average Bonchev–Trinajstić information content (AvgIpc) is 2.89. The van der Waals surface area contributed by atoms with Crippen molar-refractivity contribution < 1.29 is 13.2 Å². The van der Waals surface area contributed by atoms with Gasteiger partial charge in [-0.2, -0.15) is 0 Å². The summed E-state index contributed by atoms with van der Waals surface area (Å²) in [5.41, 5.74) is 0. The van der Waals surface area contributed by atoms with Gasteiger partial charge in [-0.3, -0.25) is 0 Å². The first-order valence-electron chi connectivity index (χ1n) is 6.25. The predicted molar refractivity (Wildman–Crippen MR) is 70.3 cm³/mol. The second-order valence-electron chi connectivity index (χ2n) is 4.57. The number of ether oxygens (including phenoxy) is 1. The molecule has 2 rings (SSSR count). The lowest BCUT2D eigenvalue weighted by molar-refractivity contribution is 0.185. The van der Waals surface area contributed by atoms with Gasteiger partial charge in [0.2, 0.25) is 0 Å². The number of hydrogen-bond donors (Lipinski definition) is 1. The molecule has 0 radical (unpaired) electrons. The van der Waals surface area contributed by atoms with Crippen LogP contribution in [0.3, 0.4) is 0 Å². The fourth-order valence-electron chi connectivity index (χ4n) is 2.00. The van der Waals surface area contributed by atoms with Gasteiger partial charge in [0.1, 0.15) is 0 Å². The summed E-state index contributed by atoms with van der Waals surface area (Å²) in [5, 5.41) is 3.19. The van der Waals surface area contributed by atoms with Crippen molar-refractivity contribution in [3.63, 3.8) is 0 Å². The van der Waals surface area contributed by atoms with Gasteiger partial charge in [-0.05, 0) is 24.5 Å². The molecule has 1 N–H and O–H groups in total. The summed E-state index contributed by atoms with van der Waals surface area (Å²) >= 11 is 0. The maximum Gasteiger partial charge on any atom is 0.179 e. The highest BCUT2D eigenvalue weighted by Crippen LogP contribution is 2.11. The topological polar surface area (TPSA) is 55.4 Å². The Kier molecular flexibility index (Phi) is 4.74. The molecule has 1 heterocycles. The molecule has 4 nitrogen and oxygen atoms in total. The molecule has 1 aliphatic rings. The van der Waals surface area contributed by atoms with Gasteiger partial charge in [-0.25, -0.2) is 8.42 Å². The molecule has 100 valence electrons. The van der Waals surface area contributed by atoms with Crippen molar-refractivity contribution in [2.24, 2.45) is 5.92 Å². The van der Waals surface area contributed by atoms with Crippen molar-refractivity contribution in [3.05, 3.63) is 30.3 Å². The second-order valence-corrected chi connectivity index (χ2v) is 6.67. The Balaban J connectivity index is 1.75. The fourth-order valence-corrected chi connectivity index (χ4v) is 3.22. The Labute approximate surface area is 108 Å². The van der Waals surface area contributed by atoms with E-state index >= 15 is 0 Å². The van der Waals surface area contributed by atoms with Crippen molar-refractivity contribution in [3.8, 4) is 0 Å². The van der Waals surface area contributed by atoms with Gasteiger partial charge < -0.3 is 10.1 Å². The number of hydrogen-bond acceptors (Lipinski definition) is 4. The first-order valence-corrected chi connectivity index (χ1v) is 7.90. The quantitative estimate of drug-likeness (QED) is 0.785. The summed E-state index contributed by atoms with van der Waals surface area (Å²) in [5.74, 6) is 0.675. The Morgan fingerprint density at radius 3 is 2.72 bits per heavy atom. The summed E-state index contributed by atoms with van der Waals surface area (Å²) in [6.07, 6.45) is 1.07. The van der Waals surface area contributed by atoms with E-state index in [4.69, 9.17) is 4.74 Å². The van der Waals surface area contributed by atoms with E-state index in [0.717, 1.165) is 26.2 Å². The lowest BCUT2D eigenvalue weighted by Gasteiger charge is -2.09. The smallest absolute Gasteiger partial charge is 0.179 e. The van der Waals surface area contributed by atoms with Gasteiger partial charge in [-0.1, -0.05) is 18.2 Å². The molecule has 1 saturated heterocycles. The van der Waals surface area contributed by atoms with Gasteiger partial charge in [0.15, 0.2) is 9.84 Å². The van der Waals surface area contributed by atoms with Crippen molar-refractivity contribution in [1.29, 1.82) is 0 Å². The first-order chi connectivity index (χ1) is 8.68. The van der Waals surface area contributed by atoms with E-state index in [1.165, 1.54) is 0 Å². The number of nitrogens with one attached hydrogen (secondary N) is 1. The van der Waals surface area contributed by atoms with Crippen molar-refractivity contribution in [2.45, 2.75) is 11.3 Å². The van der Waals surface area contributed by atoms with Crippen LogP contribution in [0.4, 0.5) is 0 Å². The minimum Gasteiger partial charge on any atom is -0.381 e. The number of benzene rings is 1. The molecule has 0 aromatic heterocycles. The fraction of sp³-hybridized carbons (Fsp3) is 0.538. The third-order valence-electron chi connectivity index (χ3n) is 3.11. The summed E-state index contributed by atoms with van der Waals surface area (Å²) in [6, 6.07) is 8.59. The molecule has 1 unspecified atom stereocenters. The van der Waals surface area contributed by atoms with Crippen LogP contribution >= 0.6 is 0 Å². The Morgan fingerprint density at radius 2 is 2.06 bits per heavy atom. The van der Waals surface area contributed by atoms with Crippen LogP contribution in [0, 0.1) is 5.92 Å². The molecule has 0 spiro atoms. The zero-order valence-electron chi connectivity index (χ0n) is 10.3. The largest absolute Gasteiger partial charge is 0.381 e. The minimum absolute atomic E-state index is 0.143. The Morgan fingerprint density at radius 1 is 1.28 bits per heavy atom. The minimum atomic E-state index is -3.15. The summed E-state index contributed by atoms with van der Waals surface area (Å²) in [7, 11) is -3.15. The highest BCUT2D eigenvalue weighted by atomic mass is 32.2. The SMILES string of the molecule is O=S(=O)(CCNCC1CCOC1)c1ccccc1. The molecule has 1 aliphatic heterocycles. The molecule has 0 bridgehead atoms. The summed E-state index contributed by atoms with van der Waals surface area (Å²) < 4.78 is 29.2. The number of sulfone groups is 1. The molecule has 1 aromatic carbocycles. The van der Waals surface area contributed by atoms with E-state index in [0.29, 0.717) is 17.4 Å². The standard InChI is InChI=1S/C13H19NO3S/c15-18(16,13-4-2-1-3-5-13)9-7-14-10-12-6-8-17-11-12/h1-5,12,14H,6-11H2. The zero-order chi connectivity index (χ0) is 12.8. The molecule has 5 heteroatoms. The van der Waals surface area contributed by atoms with Crippen LogP contribution in [0.1, 0.15) is 6.42 Å². The van der Waals surface area contributed by atoms with Crippen LogP contribution in [0.5, 0.6) is 0 Å². The van der Waals surface area contributed by atoms with Gasteiger partial charge >= 0.3 is 0 Å². The van der Waals surface area contributed by atoms with Crippen LogP contribution in [-0.4, -0.2) is 40.5 Å². The Hall–Kier alpha value is -0.910. The number of rotatable bonds is 6. The molecular formula is C13H19NO3S. The predicted octanol–water partition coefficient (Wildman–Crippen LogP) is 1.09. The molecule has 18 heavy (non-hydrogen) atoms. The van der Waals surface area contributed by atoms with Crippen LogP contribution in [0.2, 0.25) is 0 Å². The lowest BCUT2D eigenvalue weighted by Crippen LogP contribution is -2.28. The normalized spacial score (nSPS) is 20.1.